The molecule has 7 heteroatoms. The number of nitriles is 1. The summed E-state index contributed by atoms with van der Waals surface area (Å²) in [5.74, 6) is 0.612. The summed E-state index contributed by atoms with van der Waals surface area (Å²) in [7, 11) is 0. The molecule has 47 heavy (non-hydrogen) atoms. The van der Waals surface area contributed by atoms with E-state index in [0.29, 0.717) is 11.5 Å². The summed E-state index contributed by atoms with van der Waals surface area (Å²) in [5.41, 5.74) is 12.1. The number of thioether (sulfide) groups is 1. The summed E-state index contributed by atoms with van der Waals surface area (Å²) >= 11 is 3.45. The number of oxazole rings is 1. The highest BCUT2D eigenvalue weighted by Crippen LogP contribution is 2.48. The molecule has 3 heterocycles. The maximum atomic E-state index is 9.44. The standard InChI is InChI=1S/C40H24N4OS2/c41-23-24-9-18-34-37(19-24)47-40(44-34)31-21-29(25-10-14-27(15-11-25)38-42-32-5-1-3-7-35(32)45-38)20-30(22-31)26-12-16-28(17-13-26)39-43-33-6-2-4-8-36(33)46-39/h1-22,40,44H. The first-order chi connectivity index (χ1) is 23.2. The molecule has 0 fully saturated rings. The van der Waals surface area contributed by atoms with Crippen LogP contribution < -0.4 is 5.32 Å². The van der Waals surface area contributed by atoms with Gasteiger partial charge in [0.05, 0.1) is 21.8 Å². The fourth-order valence-electron chi connectivity index (χ4n) is 6.00. The quantitative estimate of drug-likeness (QED) is 0.202. The van der Waals surface area contributed by atoms with Gasteiger partial charge in [0, 0.05) is 21.7 Å². The first kappa shape index (κ1) is 27.6. The second kappa shape index (κ2) is 11.3. The molecule has 9 rings (SSSR count). The van der Waals surface area contributed by atoms with Gasteiger partial charge in [-0.2, -0.15) is 5.26 Å². The summed E-state index contributed by atoms with van der Waals surface area (Å²) in [6.45, 7) is 0. The zero-order valence-electron chi connectivity index (χ0n) is 24.8. The zero-order chi connectivity index (χ0) is 31.3. The molecule has 0 saturated carbocycles. The number of nitrogens with one attached hydrogen (secondary N) is 1. The van der Waals surface area contributed by atoms with Crippen LogP contribution in [0.1, 0.15) is 16.5 Å². The number of benzene rings is 6. The Hall–Kier alpha value is -5.68. The number of anilines is 1. The van der Waals surface area contributed by atoms with Crippen molar-refractivity contribution in [1.29, 1.82) is 5.26 Å². The van der Waals surface area contributed by atoms with Crippen molar-refractivity contribution in [2.45, 2.75) is 10.3 Å². The first-order valence-corrected chi connectivity index (χ1v) is 16.9. The summed E-state index contributed by atoms with van der Waals surface area (Å²) in [5, 5.41) is 14.1. The third kappa shape index (κ3) is 5.14. The van der Waals surface area contributed by atoms with Crippen LogP contribution in [-0.2, 0) is 0 Å². The molecule has 8 aromatic rings. The molecule has 222 valence electrons. The van der Waals surface area contributed by atoms with E-state index in [1.165, 1.54) is 4.70 Å². The molecule has 6 aromatic carbocycles. The third-order valence-corrected chi connectivity index (χ3v) is 10.7. The summed E-state index contributed by atoms with van der Waals surface area (Å²) in [6, 6.07) is 48.1. The minimum Gasteiger partial charge on any atom is -0.436 e. The lowest BCUT2D eigenvalue weighted by Crippen LogP contribution is -2.02. The number of thiazole rings is 1. The van der Waals surface area contributed by atoms with Crippen molar-refractivity contribution in [3.05, 3.63) is 145 Å². The molecule has 2 aromatic heterocycles. The number of hydrogen-bond donors (Lipinski definition) is 1. The molecular weight excluding hydrogens is 617 g/mol. The second-order valence-corrected chi connectivity index (χ2v) is 13.6. The van der Waals surface area contributed by atoms with Gasteiger partial charge in [-0.1, -0.05) is 72.4 Å². The van der Waals surface area contributed by atoms with E-state index in [-0.39, 0.29) is 5.37 Å². The van der Waals surface area contributed by atoms with Crippen molar-refractivity contribution in [3.8, 4) is 50.3 Å². The number of fused-ring (bicyclic) bond motifs is 3. The molecule has 0 aliphatic carbocycles. The maximum Gasteiger partial charge on any atom is 0.227 e. The predicted molar refractivity (Wildman–Crippen MR) is 192 cm³/mol. The average molecular weight is 641 g/mol. The highest BCUT2D eigenvalue weighted by Gasteiger charge is 2.24. The van der Waals surface area contributed by atoms with Crippen LogP contribution in [0.3, 0.4) is 0 Å². The van der Waals surface area contributed by atoms with Gasteiger partial charge in [0.1, 0.15) is 15.9 Å². The number of hydrogen-bond acceptors (Lipinski definition) is 7. The van der Waals surface area contributed by atoms with Crippen LogP contribution in [0.5, 0.6) is 0 Å². The van der Waals surface area contributed by atoms with Gasteiger partial charge in [-0.3, -0.25) is 0 Å². The largest absolute Gasteiger partial charge is 0.436 e. The SMILES string of the molecule is N#Cc1ccc2c(c1)SC(c1cc(-c3ccc(-c4nc5ccccc5o4)cc3)cc(-c3ccc(-c4nc5ccccc5s4)cc3)c1)N2. The van der Waals surface area contributed by atoms with E-state index in [1.807, 2.05) is 48.5 Å². The number of para-hydroxylation sites is 3. The fraction of sp³-hybridized carbons (Fsp3) is 0.0250. The van der Waals surface area contributed by atoms with Crippen LogP contribution in [0, 0.1) is 11.3 Å². The van der Waals surface area contributed by atoms with Gasteiger partial charge in [-0.05, 0) is 101 Å². The van der Waals surface area contributed by atoms with E-state index >= 15 is 0 Å². The molecular formula is C40H24N4OS2. The molecule has 1 N–H and O–H groups in total. The lowest BCUT2D eigenvalue weighted by atomic mass is 9.95. The van der Waals surface area contributed by atoms with Crippen LogP contribution in [0.2, 0.25) is 0 Å². The zero-order valence-corrected chi connectivity index (χ0v) is 26.5. The van der Waals surface area contributed by atoms with Gasteiger partial charge in [0.2, 0.25) is 5.89 Å². The van der Waals surface area contributed by atoms with E-state index in [0.717, 1.165) is 71.2 Å². The van der Waals surface area contributed by atoms with E-state index < -0.39 is 0 Å². The van der Waals surface area contributed by atoms with Crippen molar-refractivity contribution in [3.63, 3.8) is 0 Å². The van der Waals surface area contributed by atoms with Crippen LogP contribution in [0.15, 0.2) is 143 Å². The minimum atomic E-state index is 0.0127. The number of aromatic nitrogens is 2. The Kier molecular flexibility index (Phi) is 6.63. The van der Waals surface area contributed by atoms with Gasteiger partial charge in [0.15, 0.2) is 5.58 Å². The Morgan fingerprint density at radius 1 is 0.638 bits per heavy atom. The van der Waals surface area contributed by atoms with Crippen LogP contribution in [0.4, 0.5) is 5.69 Å². The topological polar surface area (TPSA) is 74.7 Å². The Morgan fingerprint density at radius 2 is 1.32 bits per heavy atom. The van der Waals surface area contributed by atoms with Gasteiger partial charge in [-0.15, -0.1) is 11.3 Å². The average Bonchev–Trinajstić information content (AvgIpc) is 3.88. The Morgan fingerprint density at radius 3 is 2.04 bits per heavy atom. The van der Waals surface area contributed by atoms with E-state index in [4.69, 9.17) is 9.40 Å². The van der Waals surface area contributed by atoms with Crippen molar-refractivity contribution in [2.75, 3.05) is 5.32 Å². The summed E-state index contributed by atoms with van der Waals surface area (Å²) in [6.07, 6.45) is 0. The van der Waals surface area contributed by atoms with Crippen molar-refractivity contribution in [2.24, 2.45) is 0 Å². The van der Waals surface area contributed by atoms with Crippen LogP contribution in [0.25, 0.3) is 65.6 Å². The number of nitrogens with zero attached hydrogens (tertiary/aromatic N) is 3. The Balaban J connectivity index is 1.09. The first-order valence-electron chi connectivity index (χ1n) is 15.2. The fourth-order valence-corrected chi connectivity index (χ4v) is 8.13. The summed E-state index contributed by atoms with van der Waals surface area (Å²) in [4.78, 5) is 10.6. The third-order valence-electron chi connectivity index (χ3n) is 8.42. The molecule has 0 radical (unpaired) electrons. The monoisotopic (exact) mass is 640 g/mol. The highest BCUT2D eigenvalue weighted by molar-refractivity contribution is 8.00. The van der Waals surface area contributed by atoms with Crippen molar-refractivity contribution >= 4 is 50.1 Å². The predicted octanol–water partition coefficient (Wildman–Crippen LogP) is 11.2. The summed E-state index contributed by atoms with van der Waals surface area (Å²) < 4.78 is 7.21. The molecule has 1 unspecified atom stereocenters. The Bertz CT molecular complexity index is 2290. The van der Waals surface area contributed by atoms with E-state index in [9.17, 15) is 5.26 Å². The van der Waals surface area contributed by atoms with Gasteiger partial charge in [0.25, 0.3) is 0 Å². The molecule has 1 aliphatic rings. The molecule has 0 amide bonds. The van der Waals surface area contributed by atoms with Gasteiger partial charge < -0.3 is 9.73 Å². The van der Waals surface area contributed by atoms with Crippen LogP contribution >= 0.6 is 23.1 Å². The Labute approximate surface area is 279 Å². The maximum absolute atomic E-state index is 9.44. The lowest BCUT2D eigenvalue weighted by Gasteiger charge is -2.16. The van der Waals surface area contributed by atoms with Crippen molar-refractivity contribution < 1.29 is 4.42 Å². The molecule has 1 aliphatic heterocycles. The highest BCUT2D eigenvalue weighted by atomic mass is 32.2. The minimum absolute atomic E-state index is 0.0127. The van der Waals surface area contributed by atoms with Crippen LogP contribution in [-0.4, -0.2) is 9.97 Å². The number of rotatable bonds is 5. The van der Waals surface area contributed by atoms with Gasteiger partial charge in [-0.25, -0.2) is 9.97 Å². The lowest BCUT2D eigenvalue weighted by molar-refractivity contribution is 0.620. The van der Waals surface area contributed by atoms with Crippen molar-refractivity contribution in [1.82, 2.24) is 9.97 Å². The molecule has 0 spiro atoms. The normalized spacial score (nSPS) is 13.8. The van der Waals surface area contributed by atoms with E-state index in [1.54, 1.807) is 23.1 Å². The smallest absolute Gasteiger partial charge is 0.227 e. The molecule has 0 saturated heterocycles. The molecule has 0 bridgehead atoms. The second-order valence-electron chi connectivity index (χ2n) is 11.4. The molecule has 5 nitrogen and oxygen atoms in total. The van der Waals surface area contributed by atoms with E-state index in [2.05, 4.69) is 101 Å². The molecule has 1 atom stereocenters. The van der Waals surface area contributed by atoms with Gasteiger partial charge >= 0.3 is 0 Å².